The molecule has 4 nitrogen and oxygen atoms in total. The molecule has 0 aliphatic carbocycles. The van der Waals surface area contributed by atoms with Crippen molar-refractivity contribution >= 4 is 43.5 Å². The number of carboxylic acid groups (broad SMARTS) is 1. The highest BCUT2D eigenvalue weighted by Crippen LogP contribution is 2.50. The lowest BCUT2D eigenvalue weighted by molar-refractivity contribution is -0.275. The van der Waals surface area contributed by atoms with E-state index in [0.717, 1.165) is 12.1 Å². The number of benzene rings is 2. The number of alkyl halides is 3. The molecule has 1 unspecified atom stereocenters. The Kier molecular flexibility index (Phi) is 5.30. The van der Waals surface area contributed by atoms with Gasteiger partial charge in [-0.15, -0.1) is 0 Å². The average molecular weight is 525 g/mol. The minimum absolute atomic E-state index is 0.00827. The van der Waals surface area contributed by atoms with Gasteiger partial charge in [0.1, 0.15) is 0 Å². The van der Waals surface area contributed by atoms with Gasteiger partial charge in [-0.1, -0.05) is 11.2 Å². The molecule has 1 aliphatic rings. The van der Waals surface area contributed by atoms with Crippen molar-refractivity contribution in [2.75, 3.05) is 0 Å². The molecule has 0 bridgehead atoms. The number of carboxylic acids is 1. The third-order valence-electron chi connectivity index (χ3n) is 4.43. The summed E-state index contributed by atoms with van der Waals surface area (Å²) in [6, 6.07) is 6.13. The van der Waals surface area contributed by atoms with Crippen LogP contribution in [0.3, 0.4) is 0 Å². The number of oxime groups is 1. The first kappa shape index (κ1) is 20.8. The normalized spacial score (nSPS) is 19.3. The highest BCUT2D eigenvalue weighted by atomic mass is 79.9. The Morgan fingerprint density at radius 1 is 1.21 bits per heavy atom. The van der Waals surface area contributed by atoms with Crippen LogP contribution in [0.4, 0.5) is 17.6 Å². The number of aromatic carboxylic acids is 1. The monoisotopic (exact) mass is 523 g/mol. The fraction of sp³-hybridized carbons (Fsp3) is 0.222. The van der Waals surface area contributed by atoms with E-state index in [1.807, 2.05) is 0 Å². The third-order valence-corrected chi connectivity index (χ3v) is 5.58. The first-order valence-electron chi connectivity index (χ1n) is 7.77. The van der Waals surface area contributed by atoms with Crippen LogP contribution in [0.25, 0.3) is 0 Å². The summed E-state index contributed by atoms with van der Waals surface area (Å²) in [6.07, 6.45) is -5.49. The van der Waals surface area contributed by atoms with Crippen LogP contribution < -0.4 is 0 Å². The molecule has 10 heteroatoms. The third kappa shape index (κ3) is 3.43. The van der Waals surface area contributed by atoms with Gasteiger partial charge in [0.2, 0.25) is 0 Å². The lowest BCUT2D eigenvalue weighted by atomic mass is 9.86. The minimum Gasteiger partial charge on any atom is -0.478 e. The van der Waals surface area contributed by atoms with Gasteiger partial charge < -0.3 is 9.94 Å². The molecule has 0 radical (unpaired) electrons. The molecular formula is C18H11Br2F4NO3. The zero-order valence-electron chi connectivity index (χ0n) is 14.1. The number of carbonyl (C=O) groups is 1. The van der Waals surface area contributed by atoms with Gasteiger partial charge in [0.15, 0.2) is 5.82 Å². The summed E-state index contributed by atoms with van der Waals surface area (Å²) < 4.78 is 55.5. The molecule has 1 heterocycles. The number of aryl methyl sites for hydroxylation is 1. The molecule has 148 valence electrons. The lowest BCUT2D eigenvalue weighted by Crippen LogP contribution is -2.42. The molecule has 1 N–H and O–H groups in total. The van der Waals surface area contributed by atoms with Gasteiger partial charge in [-0.25, -0.2) is 9.18 Å². The van der Waals surface area contributed by atoms with Crippen LogP contribution in [0.5, 0.6) is 0 Å². The van der Waals surface area contributed by atoms with Crippen LogP contribution in [0, 0.1) is 12.7 Å². The van der Waals surface area contributed by atoms with E-state index in [4.69, 9.17) is 9.94 Å². The van der Waals surface area contributed by atoms with Crippen LogP contribution >= 0.6 is 31.9 Å². The summed E-state index contributed by atoms with van der Waals surface area (Å²) in [4.78, 5) is 16.0. The first-order valence-corrected chi connectivity index (χ1v) is 9.36. The molecule has 2 aromatic rings. The summed E-state index contributed by atoms with van der Waals surface area (Å²) in [6.45, 7) is 1.54. The van der Waals surface area contributed by atoms with Crippen LogP contribution in [-0.4, -0.2) is 23.0 Å². The number of halogens is 6. The molecule has 0 amide bonds. The molecule has 2 aromatic carbocycles. The van der Waals surface area contributed by atoms with Crippen molar-refractivity contribution in [1.29, 1.82) is 0 Å². The Balaban J connectivity index is 2.04. The number of hydrogen-bond acceptors (Lipinski definition) is 3. The van der Waals surface area contributed by atoms with Gasteiger partial charge >= 0.3 is 12.1 Å². The predicted octanol–water partition coefficient (Wildman–Crippen LogP) is 5.94. The molecule has 0 saturated carbocycles. The molecular weight excluding hydrogens is 514 g/mol. The second kappa shape index (κ2) is 7.14. The van der Waals surface area contributed by atoms with E-state index in [2.05, 4.69) is 37.0 Å². The first-order chi connectivity index (χ1) is 13.0. The SMILES string of the molecule is Cc1cc(C2=NOC(c3cc(Br)c(F)c(Br)c3)(C(F)(F)F)C2)ccc1C(=O)O. The van der Waals surface area contributed by atoms with Crippen molar-refractivity contribution < 1.29 is 32.3 Å². The molecule has 1 atom stereocenters. The predicted molar refractivity (Wildman–Crippen MR) is 99.9 cm³/mol. The average Bonchev–Trinajstić information content (AvgIpc) is 3.05. The maximum atomic E-state index is 14.0. The quantitative estimate of drug-likeness (QED) is 0.399. The van der Waals surface area contributed by atoms with E-state index in [1.54, 1.807) is 0 Å². The summed E-state index contributed by atoms with van der Waals surface area (Å²) in [7, 11) is 0. The van der Waals surface area contributed by atoms with Crippen molar-refractivity contribution in [2.24, 2.45) is 5.16 Å². The Hall–Kier alpha value is -1.94. The van der Waals surface area contributed by atoms with Crippen molar-refractivity contribution in [3.63, 3.8) is 0 Å². The zero-order valence-corrected chi connectivity index (χ0v) is 17.2. The Labute approximate surface area is 173 Å². The second-order valence-corrected chi connectivity index (χ2v) is 7.93. The maximum Gasteiger partial charge on any atom is 0.435 e. The molecule has 0 fully saturated rings. The van der Waals surface area contributed by atoms with Crippen molar-refractivity contribution in [1.82, 2.24) is 0 Å². The molecule has 0 spiro atoms. The van der Waals surface area contributed by atoms with Gasteiger partial charge in [0.25, 0.3) is 5.60 Å². The van der Waals surface area contributed by atoms with Gasteiger partial charge in [0, 0.05) is 12.0 Å². The number of hydrogen-bond donors (Lipinski definition) is 1. The fourth-order valence-corrected chi connectivity index (χ4v) is 4.12. The Morgan fingerprint density at radius 3 is 2.32 bits per heavy atom. The summed E-state index contributed by atoms with van der Waals surface area (Å²) in [5, 5.41) is 12.7. The second-order valence-electron chi connectivity index (χ2n) is 6.22. The van der Waals surface area contributed by atoms with Crippen LogP contribution in [0.15, 0.2) is 44.4 Å². The molecule has 1 aliphatic heterocycles. The van der Waals surface area contributed by atoms with E-state index in [9.17, 15) is 22.4 Å². The van der Waals surface area contributed by atoms with Gasteiger partial charge in [-0.05, 0) is 74.2 Å². The molecule has 0 saturated heterocycles. The standard InChI is InChI=1S/C18H11Br2F4NO3/c1-8-4-9(2-3-11(8)16(26)27)14-7-17(28-25-14,18(22,23)24)10-5-12(19)15(21)13(20)6-10/h2-6H,7H2,1H3,(H,26,27). The van der Waals surface area contributed by atoms with Crippen LogP contribution in [-0.2, 0) is 10.4 Å². The minimum atomic E-state index is -4.84. The van der Waals surface area contributed by atoms with Crippen molar-refractivity contribution in [3.8, 4) is 0 Å². The number of rotatable bonds is 3. The topological polar surface area (TPSA) is 58.9 Å². The van der Waals surface area contributed by atoms with E-state index < -0.39 is 30.0 Å². The van der Waals surface area contributed by atoms with E-state index in [0.29, 0.717) is 11.1 Å². The lowest BCUT2D eigenvalue weighted by Gasteiger charge is -2.29. The molecule has 28 heavy (non-hydrogen) atoms. The van der Waals surface area contributed by atoms with Crippen LogP contribution in [0.2, 0.25) is 0 Å². The number of nitrogens with zero attached hydrogens (tertiary/aromatic N) is 1. The van der Waals surface area contributed by atoms with E-state index >= 15 is 0 Å². The smallest absolute Gasteiger partial charge is 0.435 e. The largest absolute Gasteiger partial charge is 0.478 e. The summed E-state index contributed by atoms with van der Waals surface area (Å²) in [5.41, 5.74) is -2.37. The van der Waals surface area contributed by atoms with Crippen LogP contribution in [0.1, 0.15) is 33.5 Å². The summed E-state index contributed by atoms with van der Waals surface area (Å²) in [5.74, 6) is -1.88. The summed E-state index contributed by atoms with van der Waals surface area (Å²) >= 11 is 5.81. The Morgan fingerprint density at radius 2 is 1.82 bits per heavy atom. The fourth-order valence-electron chi connectivity index (χ4n) is 2.93. The Bertz CT molecular complexity index is 984. The van der Waals surface area contributed by atoms with Crippen molar-refractivity contribution in [2.45, 2.75) is 25.1 Å². The van der Waals surface area contributed by atoms with Gasteiger partial charge in [0.05, 0.1) is 20.2 Å². The molecule has 3 rings (SSSR count). The molecule has 0 aromatic heterocycles. The van der Waals surface area contributed by atoms with E-state index in [1.165, 1.54) is 25.1 Å². The maximum absolute atomic E-state index is 14.0. The zero-order chi connectivity index (χ0) is 20.9. The van der Waals surface area contributed by atoms with E-state index in [-0.39, 0.29) is 25.8 Å². The highest BCUT2D eigenvalue weighted by molar-refractivity contribution is 9.11. The highest BCUT2D eigenvalue weighted by Gasteiger charge is 2.62. The van der Waals surface area contributed by atoms with Gasteiger partial charge in [-0.2, -0.15) is 13.2 Å². The van der Waals surface area contributed by atoms with Gasteiger partial charge in [-0.3, -0.25) is 0 Å². The van der Waals surface area contributed by atoms with Crippen molar-refractivity contribution in [3.05, 3.63) is 67.3 Å².